The Morgan fingerprint density at radius 1 is 1.70 bits per heavy atom. The summed E-state index contributed by atoms with van der Waals surface area (Å²) < 4.78 is 0. The number of rotatable bonds is 2. The van der Waals surface area contributed by atoms with Crippen LogP contribution in [0.15, 0.2) is 0 Å². The van der Waals surface area contributed by atoms with Gasteiger partial charge in [0.15, 0.2) is 0 Å². The fourth-order valence-corrected chi connectivity index (χ4v) is 1.78. The predicted octanol–water partition coefficient (Wildman–Crippen LogP) is 0.709. The van der Waals surface area contributed by atoms with Crippen LogP contribution in [0.2, 0.25) is 0 Å². The average molecular weight is 143 g/mol. The summed E-state index contributed by atoms with van der Waals surface area (Å²) in [7, 11) is 2.14. The average Bonchev–Trinajstić information content (AvgIpc) is 2.34. The van der Waals surface area contributed by atoms with Crippen molar-refractivity contribution < 1.29 is 5.11 Å². The molecule has 0 aromatic carbocycles. The maximum absolute atomic E-state index is 8.89. The molecule has 0 radical (unpaired) electrons. The molecular weight excluding hydrogens is 126 g/mol. The minimum absolute atomic E-state index is 0.328. The van der Waals surface area contributed by atoms with E-state index in [1.165, 1.54) is 19.4 Å². The largest absolute Gasteiger partial charge is 0.396 e. The summed E-state index contributed by atoms with van der Waals surface area (Å²) in [5.74, 6) is 0.451. The Balaban J connectivity index is 2.38. The highest BCUT2D eigenvalue weighted by Gasteiger charge is 2.25. The molecule has 0 bridgehead atoms. The highest BCUT2D eigenvalue weighted by atomic mass is 16.3. The molecule has 1 aliphatic rings. The minimum atomic E-state index is 0.328. The Hall–Kier alpha value is -0.0800. The van der Waals surface area contributed by atoms with E-state index in [9.17, 15) is 0 Å². The summed E-state index contributed by atoms with van der Waals surface area (Å²) in [5, 5.41) is 8.89. The molecule has 1 N–H and O–H groups in total. The second-order valence-electron chi connectivity index (χ2n) is 3.35. The third-order valence-electron chi connectivity index (χ3n) is 2.52. The lowest BCUT2D eigenvalue weighted by Gasteiger charge is -2.24. The summed E-state index contributed by atoms with van der Waals surface area (Å²) in [4.78, 5) is 2.35. The van der Waals surface area contributed by atoms with Gasteiger partial charge in [-0.15, -0.1) is 0 Å². The third-order valence-corrected chi connectivity index (χ3v) is 2.52. The van der Waals surface area contributed by atoms with Crippen molar-refractivity contribution in [2.45, 2.75) is 25.8 Å². The maximum Gasteiger partial charge on any atom is 0.0471 e. The Labute approximate surface area is 62.8 Å². The van der Waals surface area contributed by atoms with E-state index >= 15 is 0 Å². The normalized spacial score (nSPS) is 30.9. The Kier molecular flexibility index (Phi) is 2.69. The molecule has 0 aromatic rings. The van der Waals surface area contributed by atoms with Gasteiger partial charge in [-0.1, -0.05) is 6.92 Å². The molecule has 10 heavy (non-hydrogen) atoms. The van der Waals surface area contributed by atoms with Crippen molar-refractivity contribution in [1.82, 2.24) is 4.90 Å². The molecule has 2 heteroatoms. The van der Waals surface area contributed by atoms with E-state index in [4.69, 9.17) is 5.11 Å². The van der Waals surface area contributed by atoms with E-state index < -0.39 is 0 Å². The number of hydrogen-bond donors (Lipinski definition) is 1. The Morgan fingerprint density at radius 3 is 2.80 bits per heavy atom. The van der Waals surface area contributed by atoms with Gasteiger partial charge >= 0.3 is 0 Å². The van der Waals surface area contributed by atoms with E-state index in [2.05, 4.69) is 18.9 Å². The van der Waals surface area contributed by atoms with Crippen LogP contribution in [0.4, 0.5) is 0 Å². The highest BCUT2D eigenvalue weighted by Crippen LogP contribution is 2.21. The zero-order chi connectivity index (χ0) is 7.56. The first-order chi connectivity index (χ1) is 4.75. The molecular formula is C8H17NO. The van der Waals surface area contributed by atoms with Gasteiger partial charge in [-0.25, -0.2) is 0 Å². The quantitative estimate of drug-likeness (QED) is 0.615. The number of likely N-dealkylation sites (tertiary alicyclic amines) is 1. The lowest BCUT2D eigenvalue weighted by Crippen LogP contribution is -2.32. The summed E-state index contributed by atoms with van der Waals surface area (Å²) in [6.07, 6.45) is 2.56. The van der Waals surface area contributed by atoms with Crippen LogP contribution in [0.1, 0.15) is 19.8 Å². The lowest BCUT2D eigenvalue weighted by molar-refractivity contribution is 0.156. The van der Waals surface area contributed by atoms with Crippen LogP contribution < -0.4 is 0 Å². The van der Waals surface area contributed by atoms with Gasteiger partial charge < -0.3 is 10.0 Å². The zero-order valence-electron chi connectivity index (χ0n) is 6.88. The molecule has 1 aliphatic heterocycles. The molecule has 2 atom stereocenters. The SMILES string of the molecule is C[C@H](CO)C1CCCN1C. The van der Waals surface area contributed by atoms with Gasteiger partial charge in [0.05, 0.1) is 0 Å². The second-order valence-corrected chi connectivity index (χ2v) is 3.35. The minimum Gasteiger partial charge on any atom is -0.396 e. The molecule has 1 rings (SSSR count). The van der Waals surface area contributed by atoms with E-state index in [-0.39, 0.29) is 0 Å². The van der Waals surface area contributed by atoms with Gasteiger partial charge in [-0.05, 0) is 32.4 Å². The first-order valence-electron chi connectivity index (χ1n) is 4.07. The molecule has 0 aromatic heterocycles. The standard InChI is InChI=1S/C8H17NO/c1-7(6-10)8-4-3-5-9(8)2/h7-8,10H,3-6H2,1-2H3/t7-,8?/m1/s1. The van der Waals surface area contributed by atoms with E-state index in [1.54, 1.807) is 0 Å². The van der Waals surface area contributed by atoms with E-state index in [0.29, 0.717) is 18.6 Å². The molecule has 0 saturated carbocycles. The van der Waals surface area contributed by atoms with Gasteiger partial charge in [0, 0.05) is 12.6 Å². The van der Waals surface area contributed by atoms with E-state index in [1.807, 2.05) is 0 Å². The highest BCUT2D eigenvalue weighted by molar-refractivity contribution is 4.80. The fourth-order valence-electron chi connectivity index (χ4n) is 1.78. The van der Waals surface area contributed by atoms with Crippen molar-refractivity contribution in [3.63, 3.8) is 0 Å². The van der Waals surface area contributed by atoms with Gasteiger partial charge in [0.2, 0.25) is 0 Å². The maximum atomic E-state index is 8.89. The van der Waals surface area contributed by atoms with Gasteiger partial charge in [0.25, 0.3) is 0 Å². The number of aliphatic hydroxyl groups excluding tert-OH is 1. The summed E-state index contributed by atoms with van der Waals surface area (Å²) >= 11 is 0. The summed E-state index contributed by atoms with van der Waals surface area (Å²) in [6, 6.07) is 0.630. The molecule has 0 aliphatic carbocycles. The molecule has 1 heterocycles. The molecule has 1 saturated heterocycles. The van der Waals surface area contributed by atoms with Crippen LogP contribution >= 0.6 is 0 Å². The van der Waals surface area contributed by atoms with Crippen molar-refractivity contribution >= 4 is 0 Å². The van der Waals surface area contributed by atoms with E-state index in [0.717, 1.165) is 0 Å². The Morgan fingerprint density at radius 2 is 2.40 bits per heavy atom. The molecule has 0 spiro atoms. The molecule has 1 fully saturated rings. The summed E-state index contributed by atoms with van der Waals surface area (Å²) in [5.41, 5.74) is 0. The van der Waals surface area contributed by atoms with Crippen molar-refractivity contribution in [3.8, 4) is 0 Å². The smallest absolute Gasteiger partial charge is 0.0471 e. The van der Waals surface area contributed by atoms with Crippen LogP contribution in [0.3, 0.4) is 0 Å². The van der Waals surface area contributed by atoms with Crippen molar-refractivity contribution in [1.29, 1.82) is 0 Å². The number of nitrogens with zero attached hydrogens (tertiary/aromatic N) is 1. The topological polar surface area (TPSA) is 23.5 Å². The third kappa shape index (κ3) is 1.50. The summed E-state index contributed by atoms with van der Waals surface area (Å²) in [6.45, 7) is 3.65. The molecule has 0 amide bonds. The molecule has 60 valence electrons. The van der Waals surface area contributed by atoms with Crippen LogP contribution in [0.25, 0.3) is 0 Å². The van der Waals surface area contributed by atoms with Crippen molar-refractivity contribution in [3.05, 3.63) is 0 Å². The predicted molar refractivity (Wildman–Crippen MR) is 41.9 cm³/mol. The van der Waals surface area contributed by atoms with Crippen molar-refractivity contribution in [2.75, 3.05) is 20.2 Å². The Bertz CT molecular complexity index is 105. The van der Waals surface area contributed by atoms with Crippen LogP contribution in [-0.2, 0) is 0 Å². The monoisotopic (exact) mass is 143 g/mol. The molecule has 2 nitrogen and oxygen atoms in total. The first-order valence-corrected chi connectivity index (χ1v) is 4.07. The second kappa shape index (κ2) is 3.35. The fraction of sp³-hybridized carbons (Fsp3) is 1.00. The number of aliphatic hydroxyl groups is 1. The lowest BCUT2D eigenvalue weighted by atomic mass is 10.0. The van der Waals surface area contributed by atoms with Crippen molar-refractivity contribution in [2.24, 2.45) is 5.92 Å². The molecule has 1 unspecified atom stereocenters. The first kappa shape index (κ1) is 8.02. The zero-order valence-corrected chi connectivity index (χ0v) is 6.88. The van der Waals surface area contributed by atoms with Gasteiger partial charge in [-0.3, -0.25) is 0 Å². The van der Waals surface area contributed by atoms with Gasteiger partial charge in [-0.2, -0.15) is 0 Å². The van der Waals surface area contributed by atoms with Crippen LogP contribution in [-0.4, -0.2) is 36.2 Å². The number of hydrogen-bond acceptors (Lipinski definition) is 2. The van der Waals surface area contributed by atoms with Gasteiger partial charge in [0.1, 0.15) is 0 Å². The van der Waals surface area contributed by atoms with Crippen LogP contribution in [0.5, 0.6) is 0 Å². The van der Waals surface area contributed by atoms with Crippen LogP contribution in [0, 0.1) is 5.92 Å².